The molecule has 0 bridgehead atoms. The topological polar surface area (TPSA) is 55.6 Å². The van der Waals surface area contributed by atoms with Crippen molar-refractivity contribution in [3.8, 4) is 0 Å². The number of hydrogen-bond acceptors (Lipinski definition) is 3. The highest BCUT2D eigenvalue weighted by Gasteiger charge is 2.27. The van der Waals surface area contributed by atoms with Crippen LogP contribution < -0.4 is 5.73 Å². The van der Waals surface area contributed by atoms with E-state index in [1.807, 2.05) is 11.8 Å². The number of nitrogens with zero attached hydrogens (tertiary/aromatic N) is 1. The third kappa shape index (κ3) is 4.49. The molecule has 2 N–H and O–H groups in total. The molecular weight excluding hydrogens is 204 g/mol. The fourth-order valence-corrected chi connectivity index (χ4v) is 1.79. The molecule has 1 unspecified atom stereocenters. The minimum absolute atomic E-state index is 0.102. The molecule has 1 atom stereocenters. The van der Waals surface area contributed by atoms with Crippen LogP contribution in [0.15, 0.2) is 0 Å². The van der Waals surface area contributed by atoms with Crippen LogP contribution in [0.2, 0.25) is 0 Å². The van der Waals surface area contributed by atoms with E-state index in [0.29, 0.717) is 13.0 Å². The highest BCUT2D eigenvalue weighted by atomic mass is 16.5. The van der Waals surface area contributed by atoms with E-state index in [-0.39, 0.29) is 11.9 Å². The largest absolute Gasteiger partial charge is 0.385 e. The van der Waals surface area contributed by atoms with Gasteiger partial charge in [-0.1, -0.05) is 0 Å². The Kier molecular flexibility index (Phi) is 5.77. The first-order valence-electron chi connectivity index (χ1n) is 6.22. The Hall–Kier alpha value is -0.610. The number of rotatable bonds is 8. The van der Waals surface area contributed by atoms with Gasteiger partial charge in [-0.3, -0.25) is 4.79 Å². The van der Waals surface area contributed by atoms with E-state index in [9.17, 15) is 4.79 Å². The van der Waals surface area contributed by atoms with Crippen molar-refractivity contribution in [2.45, 2.75) is 38.6 Å². The SMILES string of the molecule is CCN(CC1CC1)C(=O)C(N)CCCOC. The zero-order valence-corrected chi connectivity index (χ0v) is 10.4. The van der Waals surface area contributed by atoms with Crippen LogP contribution >= 0.6 is 0 Å². The zero-order chi connectivity index (χ0) is 12.0. The summed E-state index contributed by atoms with van der Waals surface area (Å²) < 4.78 is 4.95. The van der Waals surface area contributed by atoms with Gasteiger partial charge >= 0.3 is 0 Å². The molecule has 1 saturated carbocycles. The van der Waals surface area contributed by atoms with E-state index in [0.717, 1.165) is 25.4 Å². The van der Waals surface area contributed by atoms with Crippen molar-refractivity contribution in [3.05, 3.63) is 0 Å². The van der Waals surface area contributed by atoms with E-state index < -0.39 is 0 Å². The normalized spacial score (nSPS) is 17.2. The molecule has 16 heavy (non-hydrogen) atoms. The summed E-state index contributed by atoms with van der Waals surface area (Å²) in [6.07, 6.45) is 4.10. The van der Waals surface area contributed by atoms with Gasteiger partial charge in [0.2, 0.25) is 5.91 Å². The molecule has 0 aromatic heterocycles. The number of ether oxygens (including phenoxy) is 1. The van der Waals surface area contributed by atoms with Crippen LogP contribution in [-0.2, 0) is 9.53 Å². The summed E-state index contributed by atoms with van der Waals surface area (Å²) in [5.41, 5.74) is 5.88. The van der Waals surface area contributed by atoms with Crippen molar-refractivity contribution in [1.82, 2.24) is 4.90 Å². The Morgan fingerprint density at radius 1 is 1.56 bits per heavy atom. The van der Waals surface area contributed by atoms with Crippen molar-refractivity contribution >= 4 is 5.91 Å². The second kappa shape index (κ2) is 6.86. The van der Waals surface area contributed by atoms with Crippen molar-refractivity contribution in [2.24, 2.45) is 11.7 Å². The summed E-state index contributed by atoms with van der Waals surface area (Å²) >= 11 is 0. The van der Waals surface area contributed by atoms with E-state index in [4.69, 9.17) is 10.5 Å². The van der Waals surface area contributed by atoms with Gasteiger partial charge in [0, 0.05) is 26.8 Å². The van der Waals surface area contributed by atoms with Gasteiger partial charge < -0.3 is 15.4 Å². The molecule has 0 aliphatic heterocycles. The monoisotopic (exact) mass is 228 g/mol. The number of amides is 1. The van der Waals surface area contributed by atoms with Gasteiger partial charge in [-0.2, -0.15) is 0 Å². The first-order valence-corrected chi connectivity index (χ1v) is 6.22. The number of carbonyl (C=O) groups is 1. The van der Waals surface area contributed by atoms with Gasteiger partial charge in [-0.25, -0.2) is 0 Å². The minimum Gasteiger partial charge on any atom is -0.385 e. The summed E-state index contributed by atoms with van der Waals surface area (Å²) in [5.74, 6) is 0.834. The van der Waals surface area contributed by atoms with E-state index in [1.54, 1.807) is 7.11 Å². The van der Waals surface area contributed by atoms with Crippen LogP contribution in [0.25, 0.3) is 0 Å². The van der Waals surface area contributed by atoms with Gasteiger partial charge in [-0.05, 0) is 38.5 Å². The van der Waals surface area contributed by atoms with Crippen molar-refractivity contribution < 1.29 is 9.53 Å². The van der Waals surface area contributed by atoms with Crippen LogP contribution in [0.3, 0.4) is 0 Å². The molecule has 4 heteroatoms. The lowest BCUT2D eigenvalue weighted by Gasteiger charge is -2.24. The molecule has 1 amide bonds. The molecule has 1 rings (SSSR count). The molecule has 0 saturated heterocycles. The van der Waals surface area contributed by atoms with Gasteiger partial charge in [0.25, 0.3) is 0 Å². The molecule has 0 aromatic rings. The highest BCUT2D eigenvalue weighted by Crippen LogP contribution is 2.29. The third-order valence-electron chi connectivity index (χ3n) is 3.05. The summed E-state index contributed by atoms with van der Waals surface area (Å²) in [6, 6.07) is -0.353. The maximum Gasteiger partial charge on any atom is 0.239 e. The van der Waals surface area contributed by atoms with E-state index in [1.165, 1.54) is 12.8 Å². The second-order valence-corrected chi connectivity index (χ2v) is 4.56. The maximum atomic E-state index is 12.0. The maximum absolute atomic E-state index is 12.0. The Morgan fingerprint density at radius 3 is 2.75 bits per heavy atom. The van der Waals surface area contributed by atoms with Gasteiger partial charge in [0.1, 0.15) is 0 Å². The molecular formula is C12H24N2O2. The predicted octanol–water partition coefficient (Wildman–Crippen LogP) is 0.999. The lowest BCUT2D eigenvalue weighted by atomic mass is 10.1. The summed E-state index contributed by atoms with van der Waals surface area (Å²) in [5, 5.41) is 0. The minimum atomic E-state index is -0.353. The molecule has 4 nitrogen and oxygen atoms in total. The van der Waals surface area contributed by atoms with Crippen molar-refractivity contribution in [2.75, 3.05) is 26.8 Å². The van der Waals surface area contributed by atoms with Crippen LogP contribution in [0, 0.1) is 5.92 Å². The second-order valence-electron chi connectivity index (χ2n) is 4.56. The van der Waals surface area contributed by atoms with Gasteiger partial charge in [0.15, 0.2) is 0 Å². The van der Waals surface area contributed by atoms with Gasteiger partial charge in [0.05, 0.1) is 6.04 Å². The van der Waals surface area contributed by atoms with Crippen LogP contribution in [0.1, 0.15) is 32.6 Å². The highest BCUT2D eigenvalue weighted by molar-refractivity contribution is 5.81. The van der Waals surface area contributed by atoms with Crippen LogP contribution in [0.5, 0.6) is 0 Å². The van der Waals surface area contributed by atoms with Crippen LogP contribution in [-0.4, -0.2) is 43.7 Å². The van der Waals surface area contributed by atoms with E-state index >= 15 is 0 Å². The number of nitrogens with two attached hydrogens (primary N) is 1. The average Bonchev–Trinajstić information content (AvgIpc) is 3.09. The zero-order valence-electron chi connectivity index (χ0n) is 10.4. The fourth-order valence-electron chi connectivity index (χ4n) is 1.79. The molecule has 0 heterocycles. The number of methoxy groups -OCH3 is 1. The molecule has 0 radical (unpaired) electrons. The molecule has 1 fully saturated rings. The quantitative estimate of drug-likeness (QED) is 0.631. The van der Waals surface area contributed by atoms with Crippen molar-refractivity contribution in [3.63, 3.8) is 0 Å². The summed E-state index contributed by atoms with van der Waals surface area (Å²) in [6.45, 7) is 4.36. The van der Waals surface area contributed by atoms with Crippen LogP contribution in [0.4, 0.5) is 0 Å². The Labute approximate surface area is 98.1 Å². The number of hydrogen-bond donors (Lipinski definition) is 1. The Bertz CT molecular complexity index is 217. The molecule has 1 aliphatic carbocycles. The fraction of sp³-hybridized carbons (Fsp3) is 0.917. The molecule has 0 spiro atoms. The smallest absolute Gasteiger partial charge is 0.239 e. The van der Waals surface area contributed by atoms with Gasteiger partial charge in [-0.15, -0.1) is 0 Å². The molecule has 94 valence electrons. The Morgan fingerprint density at radius 2 is 2.25 bits per heavy atom. The number of likely N-dealkylation sites (N-methyl/N-ethyl adjacent to an activating group) is 1. The summed E-state index contributed by atoms with van der Waals surface area (Å²) in [7, 11) is 1.67. The lowest BCUT2D eigenvalue weighted by Crippen LogP contribution is -2.44. The standard InChI is InChI=1S/C12H24N2O2/c1-3-14(9-10-6-7-10)12(15)11(13)5-4-8-16-2/h10-11H,3-9,13H2,1-2H3. The predicted molar refractivity (Wildman–Crippen MR) is 64.1 cm³/mol. The molecule has 1 aliphatic rings. The molecule has 0 aromatic carbocycles. The lowest BCUT2D eigenvalue weighted by molar-refractivity contribution is -0.132. The summed E-state index contributed by atoms with van der Waals surface area (Å²) in [4.78, 5) is 13.9. The first-order chi connectivity index (χ1) is 7.69. The van der Waals surface area contributed by atoms with E-state index in [2.05, 4.69) is 0 Å². The number of carbonyl (C=O) groups excluding carboxylic acids is 1. The Balaban J connectivity index is 2.27. The van der Waals surface area contributed by atoms with Crippen molar-refractivity contribution in [1.29, 1.82) is 0 Å². The third-order valence-corrected chi connectivity index (χ3v) is 3.05. The average molecular weight is 228 g/mol. The first kappa shape index (κ1) is 13.5.